The van der Waals surface area contributed by atoms with Crippen molar-refractivity contribution in [2.45, 2.75) is 30.1 Å². The van der Waals surface area contributed by atoms with Crippen molar-refractivity contribution in [1.82, 2.24) is 20.2 Å². The fourth-order valence-electron chi connectivity index (χ4n) is 2.73. The molecule has 1 heterocycles. The normalized spacial score (nSPS) is 14.6. The zero-order valence-corrected chi connectivity index (χ0v) is 15.5. The smallest absolute Gasteiger partial charge is 0.404 e. The van der Waals surface area contributed by atoms with Crippen molar-refractivity contribution in [2.24, 2.45) is 0 Å². The monoisotopic (exact) mass is 425 g/mol. The molecule has 1 aromatic heterocycles. The van der Waals surface area contributed by atoms with Crippen LogP contribution in [0.25, 0.3) is 11.4 Å². The van der Waals surface area contributed by atoms with E-state index < -0.39 is 27.0 Å². The Morgan fingerprint density at radius 2 is 1.76 bits per heavy atom. The molecule has 0 spiro atoms. The highest BCUT2D eigenvalue weighted by atomic mass is 32.2. The summed E-state index contributed by atoms with van der Waals surface area (Å²) in [6.07, 6.45) is -3.02. The Kier molecular flexibility index (Phi) is 4.65. The van der Waals surface area contributed by atoms with Gasteiger partial charge < -0.3 is 4.74 Å². The molecule has 0 saturated heterocycles. The molecule has 3 aromatic rings. The van der Waals surface area contributed by atoms with Crippen LogP contribution >= 0.6 is 0 Å². The number of tetrazole rings is 1. The fraction of sp³-hybridized carbons (Fsp3) is 0.235. The number of aromatic nitrogens is 4. The molecule has 4 rings (SSSR count). The van der Waals surface area contributed by atoms with Gasteiger partial charge in [0.2, 0.25) is 0 Å². The van der Waals surface area contributed by atoms with Crippen LogP contribution in [0.3, 0.4) is 0 Å². The average molecular weight is 425 g/mol. The molecule has 152 valence electrons. The molecule has 1 N–H and O–H groups in total. The third-order valence-electron chi connectivity index (χ3n) is 4.15. The molecule has 0 unspecified atom stereocenters. The van der Waals surface area contributed by atoms with Crippen molar-refractivity contribution in [3.05, 3.63) is 48.5 Å². The van der Waals surface area contributed by atoms with E-state index in [4.69, 9.17) is 0 Å². The molecule has 8 nitrogen and oxygen atoms in total. The summed E-state index contributed by atoms with van der Waals surface area (Å²) in [5.74, 6) is -0.251. The number of anilines is 1. The largest absolute Gasteiger partial charge is 0.573 e. The molecule has 0 bridgehead atoms. The van der Waals surface area contributed by atoms with Gasteiger partial charge >= 0.3 is 6.36 Å². The van der Waals surface area contributed by atoms with Crippen LogP contribution < -0.4 is 9.46 Å². The highest BCUT2D eigenvalue weighted by molar-refractivity contribution is 7.92. The second-order valence-corrected chi connectivity index (χ2v) is 8.01. The Hall–Kier alpha value is -3.15. The number of rotatable bonds is 6. The summed E-state index contributed by atoms with van der Waals surface area (Å²) in [6, 6.07) is 11.0. The topological polar surface area (TPSA) is 99.0 Å². The molecule has 1 saturated carbocycles. The predicted molar refractivity (Wildman–Crippen MR) is 95.5 cm³/mol. The summed E-state index contributed by atoms with van der Waals surface area (Å²) in [5.41, 5.74) is 0.853. The maximum Gasteiger partial charge on any atom is 0.573 e. The van der Waals surface area contributed by atoms with Gasteiger partial charge in [0.1, 0.15) is 10.6 Å². The second kappa shape index (κ2) is 7.03. The lowest BCUT2D eigenvalue weighted by atomic mass is 10.2. The number of nitrogens with one attached hydrogen (secondary N) is 1. The molecule has 1 aliphatic carbocycles. The third kappa shape index (κ3) is 4.31. The molecule has 0 amide bonds. The summed E-state index contributed by atoms with van der Waals surface area (Å²) >= 11 is 0. The van der Waals surface area contributed by atoms with Crippen LogP contribution in [-0.2, 0) is 10.0 Å². The standard InChI is InChI=1S/C17H14F3N5O3S/c18-17(19,20)28-14-3-1-2-4-15(14)29(26,27)22-12-7-5-11(6-8-12)16-21-23-24-25(16)13-9-10-13/h1-8,13,22H,9-10H2. The van der Waals surface area contributed by atoms with Gasteiger partial charge in [0.25, 0.3) is 10.0 Å². The van der Waals surface area contributed by atoms with Crippen LogP contribution in [0.4, 0.5) is 18.9 Å². The number of sulfonamides is 1. The van der Waals surface area contributed by atoms with E-state index in [2.05, 4.69) is 25.0 Å². The zero-order valence-electron chi connectivity index (χ0n) is 14.7. The van der Waals surface area contributed by atoms with E-state index >= 15 is 0 Å². The number of alkyl halides is 3. The van der Waals surface area contributed by atoms with Gasteiger partial charge in [0.15, 0.2) is 5.82 Å². The van der Waals surface area contributed by atoms with E-state index in [1.54, 1.807) is 16.8 Å². The number of halogens is 3. The van der Waals surface area contributed by atoms with Gasteiger partial charge in [-0.05, 0) is 59.7 Å². The lowest BCUT2D eigenvalue weighted by molar-refractivity contribution is -0.275. The molecule has 0 radical (unpaired) electrons. The minimum atomic E-state index is -5.02. The number of ether oxygens (including phenoxy) is 1. The number of hydrogen-bond donors (Lipinski definition) is 1. The van der Waals surface area contributed by atoms with Crippen molar-refractivity contribution in [3.8, 4) is 17.1 Å². The zero-order chi connectivity index (χ0) is 20.6. The van der Waals surface area contributed by atoms with Crippen molar-refractivity contribution < 1.29 is 26.3 Å². The van der Waals surface area contributed by atoms with Gasteiger partial charge in [0.05, 0.1) is 6.04 Å². The van der Waals surface area contributed by atoms with Gasteiger partial charge in [-0.3, -0.25) is 4.72 Å². The summed E-state index contributed by atoms with van der Waals surface area (Å²) in [4.78, 5) is -0.626. The van der Waals surface area contributed by atoms with E-state index in [0.29, 0.717) is 11.4 Å². The maximum absolute atomic E-state index is 12.6. The SMILES string of the molecule is O=S(=O)(Nc1ccc(-c2nnnn2C2CC2)cc1)c1ccccc1OC(F)(F)F. The summed E-state index contributed by atoms with van der Waals surface area (Å²) < 4.78 is 70.6. The van der Waals surface area contributed by atoms with Gasteiger partial charge in [-0.25, -0.2) is 13.1 Å². The first-order chi connectivity index (χ1) is 13.7. The summed E-state index contributed by atoms with van der Waals surface area (Å²) in [5, 5.41) is 11.6. The number of hydrogen-bond acceptors (Lipinski definition) is 6. The number of nitrogens with zero attached hydrogens (tertiary/aromatic N) is 4. The molecule has 1 aliphatic rings. The lowest BCUT2D eigenvalue weighted by Crippen LogP contribution is -2.20. The lowest BCUT2D eigenvalue weighted by Gasteiger charge is -2.14. The van der Waals surface area contributed by atoms with Crippen molar-refractivity contribution in [3.63, 3.8) is 0 Å². The fourth-order valence-corrected chi connectivity index (χ4v) is 3.92. The minimum absolute atomic E-state index is 0.168. The van der Waals surface area contributed by atoms with Crippen LogP contribution in [0.5, 0.6) is 5.75 Å². The van der Waals surface area contributed by atoms with Crippen LogP contribution in [0.2, 0.25) is 0 Å². The Morgan fingerprint density at radius 3 is 2.41 bits per heavy atom. The van der Waals surface area contributed by atoms with E-state index in [9.17, 15) is 21.6 Å². The van der Waals surface area contributed by atoms with Gasteiger partial charge in [0, 0.05) is 11.3 Å². The number of para-hydroxylation sites is 1. The quantitative estimate of drug-likeness (QED) is 0.650. The minimum Gasteiger partial charge on any atom is -0.404 e. The molecular formula is C17H14F3N5O3S. The average Bonchev–Trinajstić information content (AvgIpc) is 3.38. The van der Waals surface area contributed by atoms with Crippen LogP contribution in [-0.4, -0.2) is 35.0 Å². The van der Waals surface area contributed by atoms with E-state index in [0.717, 1.165) is 25.0 Å². The van der Waals surface area contributed by atoms with Crippen molar-refractivity contribution >= 4 is 15.7 Å². The molecule has 2 aromatic carbocycles. The summed E-state index contributed by atoms with van der Waals surface area (Å²) in [7, 11) is -4.32. The van der Waals surface area contributed by atoms with Crippen LogP contribution in [0, 0.1) is 0 Å². The summed E-state index contributed by atoms with van der Waals surface area (Å²) in [6.45, 7) is 0. The molecular weight excluding hydrogens is 411 g/mol. The Labute approximate surface area is 163 Å². The van der Waals surface area contributed by atoms with Crippen molar-refractivity contribution in [1.29, 1.82) is 0 Å². The Bertz CT molecular complexity index is 1130. The molecule has 29 heavy (non-hydrogen) atoms. The third-order valence-corrected chi connectivity index (χ3v) is 5.57. The number of benzene rings is 2. The highest BCUT2D eigenvalue weighted by Crippen LogP contribution is 2.37. The van der Waals surface area contributed by atoms with Crippen LogP contribution in [0.1, 0.15) is 18.9 Å². The molecule has 0 atom stereocenters. The highest BCUT2D eigenvalue weighted by Gasteiger charge is 2.34. The van der Waals surface area contributed by atoms with E-state index in [1.807, 2.05) is 0 Å². The first-order valence-electron chi connectivity index (χ1n) is 8.49. The Morgan fingerprint density at radius 1 is 1.07 bits per heavy atom. The second-order valence-electron chi connectivity index (χ2n) is 6.36. The molecule has 1 fully saturated rings. The van der Waals surface area contributed by atoms with E-state index in [1.165, 1.54) is 24.3 Å². The van der Waals surface area contributed by atoms with Gasteiger partial charge in [-0.15, -0.1) is 18.3 Å². The van der Waals surface area contributed by atoms with Crippen molar-refractivity contribution in [2.75, 3.05) is 4.72 Å². The first-order valence-corrected chi connectivity index (χ1v) is 9.97. The van der Waals surface area contributed by atoms with Gasteiger partial charge in [-0.2, -0.15) is 0 Å². The van der Waals surface area contributed by atoms with Gasteiger partial charge in [-0.1, -0.05) is 12.1 Å². The Balaban J connectivity index is 1.57. The van der Waals surface area contributed by atoms with Crippen LogP contribution in [0.15, 0.2) is 53.4 Å². The molecule has 12 heteroatoms. The van der Waals surface area contributed by atoms with E-state index in [-0.39, 0.29) is 11.7 Å². The molecule has 0 aliphatic heterocycles. The maximum atomic E-state index is 12.6. The first kappa shape index (κ1) is 19.2. The predicted octanol–water partition coefficient (Wildman–Crippen LogP) is 3.37.